The Kier molecular flexibility index (Phi) is 6.05. The zero-order valence-corrected chi connectivity index (χ0v) is 17.0. The number of hydrogen-bond donors (Lipinski definition) is 0. The quantitative estimate of drug-likeness (QED) is 0.323. The Morgan fingerprint density at radius 2 is 1.73 bits per heavy atom. The lowest BCUT2D eigenvalue weighted by atomic mass is 9.71. The molecule has 0 spiro atoms. The van der Waals surface area contributed by atoms with E-state index in [2.05, 4.69) is 67.6 Å². The highest BCUT2D eigenvalue weighted by molar-refractivity contribution is 7.79. The molecule has 0 amide bonds. The largest absolute Gasteiger partial charge is 0.153 e. The average molecular weight is 366 g/mol. The molecule has 0 N–H and O–H groups in total. The van der Waals surface area contributed by atoms with E-state index in [-0.39, 0.29) is 0 Å². The summed E-state index contributed by atoms with van der Waals surface area (Å²) in [6.07, 6.45) is 22.4. The Morgan fingerprint density at radius 1 is 0.923 bits per heavy atom. The van der Waals surface area contributed by atoms with Gasteiger partial charge in [-0.3, -0.25) is 0 Å². The third kappa shape index (κ3) is 4.36. The average Bonchev–Trinajstić information content (AvgIpc) is 2.70. The zero-order valence-electron chi connectivity index (χ0n) is 16.1. The SMILES string of the molecule is CC1C=CC(C2CC(C3CCCCC3)C=CC2[SH+]c2ccccc2)=CC1. The molecule has 1 fully saturated rings. The molecule has 26 heavy (non-hydrogen) atoms. The van der Waals surface area contributed by atoms with E-state index in [1.807, 2.05) is 0 Å². The third-order valence-electron chi connectivity index (χ3n) is 6.57. The molecule has 1 aromatic carbocycles. The van der Waals surface area contributed by atoms with E-state index in [1.54, 1.807) is 5.57 Å². The van der Waals surface area contributed by atoms with Crippen LogP contribution in [-0.4, -0.2) is 5.25 Å². The van der Waals surface area contributed by atoms with Crippen LogP contribution in [0.1, 0.15) is 51.9 Å². The van der Waals surface area contributed by atoms with Crippen LogP contribution in [0.25, 0.3) is 0 Å². The molecular formula is C25H33S+. The van der Waals surface area contributed by atoms with Crippen molar-refractivity contribution < 1.29 is 0 Å². The zero-order chi connectivity index (χ0) is 17.8. The highest BCUT2D eigenvalue weighted by Gasteiger charge is 2.37. The van der Waals surface area contributed by atoms with Crippen LogP contribution in [0.5, 0.6) is 0 Å². The van der Waals surface area contributed by atoms with Crippen molar-refractivity contribution in [3.63, 3.8) is 0 Å². The van der Waals surface area contributed by atoms with E-state index < -0.39 is 0 Å². The predicted octanol–water partition coefficient (Wildman–Crippen LogP) is 6.52. The van der Waals surface area contributed by atoms with Gasteiger partial charge in [-0.1, -0.05) is 68.7 Å². The number of hydrogen-bond acceptors (Lipinski definition) is 0. The Bertz CT molecular complexity index is 663. The maximum Gasteiger partial charge on any atom is 0.153 e. The minimum atomic E-state index is 0.626. The molecule has 0 heterocycles. The molecule has 4 atom stereocenters. The molecule has 3 aliphatic carbocycles. The van der Waals surface area contributed by atoms with Crippen molar-refractivity contribution in [2.24, 2.45) is 23.7 Å². The van der Waals surface area contributed by atoms with Crippen molar-refractivity contribution in [1.29, 1.82) is 0 Å². The van der Waals surface area contributed by atoms with E-state index in [1.165, 1.54) is 61.6 Å². The molecule has 138 valence electrons. The fourth-order valence-electron chi connectivity index (χ4n) is 4.99. The summed E-state index contributed by atoms with van der Waals surface area (Å²) in [7, 11) is 0. The summed E-state index contributed by atoms with van der Waals surface area (Å²) in [5, 5.41) is 0.626. The standard InChI is InChI=1S/C25H32S/c1-19-12-14-21(15-13-19)24-18-22(20-8-4-2-5-9-20)16-17-25(24)26-23-10-6-3-7-11-23/h3,6-7,10-12,14-17,19-20,22,24-25H,2,4-5,8-9,13,18H2,1H3/p+1. The van der Waals surface area contributed by atoms with Gasteiger partial charge in [0.1, 0.15) is 5.25 Å². The van der Waals surface area contributed by atoms with Gasteiger partial charge in [0.15, 0.2) is 4.90 Å². The van der Waals surface area contributed by atoms with Crippen molar-refractivity contribution in [3.05, 3.63) is 66.3 Å². The lowest BCUT2D eigenvalue weighted by Gasteiger charge is -2.35. The van der Waals surface area contributed by atoms with E-state index in [0.717, 1.165) is 11.8 Å². The molecule has 0 radical (unpaired) electrons. The van der Waals surface area contributed by atoms with Gasteiger partial charge in [0.05, 0.1) is 0 Å². The van der Waals surface area contributed by atoms with Crippen LogP contribution in [0.15, 0.2) is 71.2 Å². The molecule has 4 unspecified atom stereocenters. The smallest absolute Gasteiger partial charge is 0.0811 e. The van der Waals surface area contributed by atoms with Gasteiger partial charge in [0.2, 0.25) is 0 Å². The van der Waals surface area contributed by atoms with Crippen molar-refractivity contribution in [2.75, 3.05) is 0 Å². The first kappa shape index (κ1) is 18.2. The van der Waals surface area contributed by atoms with E-state index >= 15 is 0 Å². The summed E-state index contributed by atoms with van der Waals surface area (Å²) >= 11 is 1.47. The molecule has 0 aliphatic heterocycles. The number of allylic oxidation sites excluding steroid dienone is 5. The molecule has 1 saturated carbocycles. The third-order valence-corrected chi connectivity index (χ3v) is 8.00. The second-order valence-corrected chi connectivity index (χ2v) is 9.89. The van der Waals surface area contributed by atoms with Gasteiger partial charge in [0.25, 0.3) is 0 Å². The van der Waals surface area contributed by atoms with Gasteiger partial charge in [-0.15, -0.1) is 0 Å². The van der Waals surface area contributed by atoms with E-state index in [4.69, 9.17) is 0 Å². The normalized spacial score (nSPS) is 32.4. The van der Waals surface area contributed by atoms with Gasteiger partial charge in [-0.25, -0.2) is 0 Å². The Morgan fingerprint density at radius 3 is 2.46 bits per heavy atom. The Hall–Kier alpha value is -1.21. The minimum Gasteiger partial charge on any atom is -0.0811 e. The van der Waals surface area contributed by atoms with E-state index in [0.29, 0.717) is 17.1 Å². The highest BCUT2D eigenvalue weighted by atomic mass is 32.2. The van der Waals surface area contributed by atoms with Crippen LogP contribution in [0, 0.1) is 23.7 Å². The van der Waals surface area contributed by atoms with Gasteiger partial charge >= 0.3 is 0 Å². The molecule has 0 nitrogen and oxygen atoms in total. The molecule has 0 bridgehead atoms. The van der Waals surface area contributed by atoms with Crippen molar-refractivity contribution in [3.8, 4) is 0 Å². The predicted molar refractivity (Wildman–Crippen MR) is 116 cm³/mol. The number of rotatable bonds is 4. The lowest BCUT2D eigenvalue weighted by molar-refractivity contribution is 0.251. The molecule has 3 aliphatic rings. The van der Waals surface area contributed by atoms with Crippen LogP contribution >= 0.6 is 0 Å². The topological polar surface area (TPSA) is 0 Å². The monoisotopic (exact) mass is 365 g/mol. The Balaban J connectivity index is 1.55. The van der Waals surface area contributed by atoms with Gasteiger partial charge in [-0.05, 0) is 67.2 Å². The summed E-state index contributed by atoms with van der Waals surface area (Å²) < 4.78 is 0. The Labute approximate surface area is 163 Å². The highest BCUT2D eigenvalue weighted by Crippen LogP contribution is 2.41. The van der Waals surface area contributed by atoms with Crippen LogP contribution in [0.2, 0.25) is 0 Å². The fraction of sp³-hybridized carbons (Fsp3) is 0.520. The summed E-state index contributed by atoms with van der Waals surface area (Å²) in [6, 6.07) is 11.0. The second-order valence-electron chi connectivity index (χ2n) is 8.52. The number of benzene rings is 1. The second kappa shape index (κ2) is 8.65. The molecule has 1 aromatic rings. The van der Waals surface area contributed by atoms with Gasteiger partial charge in [0, 0.05) is 17.7 Å². The van der Waals surface area contributed by atoms with Crippen molar-refractivity contribution >= 4 is 11.8 Å². The van der Waals surface area contributed by atoms with Crippen LogP contribution in [0.4, 0.5) is 0 Å². The van der Waals surface area contributed by atoms with Crippen LogP contribution < -0.4 is 0 Å². The van der Waals surface area contributed by atoms with Crippen LogP contribution in [-0.2, 0) is 11.8 Å². The minimum absolute atomic E-state index is 0.626. The molecule has 4 rings (SSSR count). The first-order chi connectivity index (χ1) is 12.8. The summed E-state index contributed by atoms with van der Waals surface area (Å²) in [4.78, 5) is 1.46. The summed E-state index contributed by atoms with van der Waals surface area (Å²) in [6.45, 7) is 2.33. The molecule has 0 aromatic heterocycles. The molecule has 0 saturated heterocycles. The van der Waals surface area contributed by atoms with E-state index in [9.17, 15) is 0 Å². The van der Waals surface area contributed by atoms with Gasteiger partial charge in [-0.2, -0.15) is 0 Å². The summed E-state index contributed by atoms with van der Waals surface area (Å²) in [5.74, 6) is 3.13. The van der Waals surface area contributed by atoms with Gasteiger partial charge < -0.3 is 0 Å². The van der Waals surface area contributed by atoms with Crippen molar-refractivity contribution in [1.82, 2.24) is 0 Å². The van der Waals surface area contributed by atoms with Crippen LogP contribution in [0.3, 0.4) is 0 Å². The fourth-order valence-corrected chi connectivity index (χ4v) is 6.33. The summed E-state index contributed by atoms with van der Waals surface area (Å²) in [5.41, 5.74) is 1.61. The van der Waals surface area contributed by atoms with Crippen molar-refractivity contribution in [2.45, 2.75) is 62.0 Å². The molecule has 1 heteroatoms. The maximum absolute atomic E-state index is 2.60. The maximum atomic E-state index is 2.60. The first-order valence-electron chi connectivity index (χ1n) is 10.6. The molecular weight excluding hydrogens is 332 g/mol. The number of thiol groups is 1. The lowest BCUT2D eigenvalue weighted by Crippen LogP contribution is -2.31. The first-order valence-corrected chi connectivity index (χ1v) is 11.6.